The number of benzene rings is 3. The first-order chi connectivity index (χ1) is 13.9. The summed E-state index contributed by atoms with van der Waals surface area (Å²) in [4.78, 5) is 13.7. The van der Waals surface area contributed by atoms with E-state index >= 15 is 0 Å². The lowest BCUT2D eigenvalue weighted by Gasteiger charge is -2.10. The molecular weight excluding hydrogens is 377 g/mol. The number of nitrogens with zero attached hydrogens (tertiary/aromatic N) is 3. The van der Waals surface area contributed by atoms with E-state index in [1.165, 1.54) is 0 Å². The molecule has 0 radical (unpaired) electrons. The highest BCUT2D eigenvalue weighted by Crippen LogP contribution is 2.35. The van der Waals surface area contributed by atoms with Crippen LogP contribution in [-0.4, -0.2) is 28.3 Å². The first-order valence-corrected chi connectivity index (χ1v) is 12.0. The van der Waals surface area contributed by atoms with E-state index in [1.54, 1.807) is 13.3 Å². The van der Waals surface area contributed by atoms with E-state index in [0.717, 1.165) is 27.6 Å². The molecule has 0 saturated heterocycles. The molecular formula is C24H22N3OP. The Balaban J connectivity index is 1.73. The average molecular weight is 399 g/mol. The van der Waals surface area contributed by atoms with Gasteiger partial charge in [0.05, 0.1) is 0 Å². The Kier molecular flexibility index (Phi) is 5.12. The standard InChI is InChI=1S/C24H22N3OP/c1-17-25-23(19-8-5-4-6-9-19)27-24(26-17)21-11-7-10-20(16-21)18-12-14-22(15-13-18)29(2,3)28/h4-16H,1-3H3. The summed E-state index contributed by atoms with van der Waals surface area (Å²) in [6.07, 6.45) is 0. The van der Waals surface area contributed by atoms with Gasteiger partial charge >= 0.3 is 0 Å². The van der Waals surface area contributed by atoms with E-state index in [4.69, 9.17) is 4.98 Å². The van der Waals surface area contributed by atoms with Crippen LogP contribution < -0.4 is 5.30 Å². The van der Waals surface area contributed by atoms with Crippen LogP contribution in [0, 0.1) is 6.92 Å². The van der Waals surface area contributed by atoms with Crippen molar-refractivity contribution in [2.24, 2.45) is 0 Å². The fraction of sp³-hybridized carbons (Fsp3) is 0.125. The summed E-state index contributed by atoms with van der Waals surface area (Å²) in [5.74, 6) is 2.01. The van der Waals surface area contributed by atoms with Crippen molar-refractivity contribution in [3.8, 4) is 33.9 Å². The van der Waals surface area contributed by atoms with Crippen molar-refractivity contribution in [3.05, 3.63) is 84.7 Å². The Labute approximate surface area is 171 Å². The maximum atomic E-state index is 12.3. The molecule has 0 saturated carbocycles. The highest BCUT2D eigenvalue weighted by molar-refractivity contribution is 7.70. The molecule has 0 aliphatic carbocycles. The van der Waals surface area contributed by atoms with Crippen molar-refractivity contribution in [2.75, 3.05) is 13.3 Å². The van der Waals surface area contributed by atoms with Gasteiger partial charge in [0.2, 0.25) is 0 Å². The van der Waals surface area contributed by atoms with Crippen LogP contribution in [0.25, 0.3) is 33.9 Å². The third-order valence-electron chi connectivity index (χ3n) is 4.72. The predicted molar refractivity (Wildman–Crippen MR) is 120 cm³/mol. The molecule has 3 aromatic carbocycles. The van der Waals surface area contributed by atoms with Gasteiger partial charge in [-0.05, 0) is 37.4 Å². The number of hydrogen-bond donors (Lipinski definition) is 0. The summed E-state index contributed by atoms with van der Waals surface area (Å²) in [5, 5.41) is 0.887. The van der Waals surface area contributed by atoms with Gasteiger partial charge < -0.3 is 4.57 Å². The number of rotatable bonds is 4. The molecule has 0 bridgehead atoms. The van der Waals surface area contributed by atoms with Crippen LogP contribution >= 0.6 is 7.14 Å². The van der Waals surface area contributed by atoms with Gasteiger partial charge in [-0.1, -0.05) is 72.8 Å². The van der Waals surface area contributed by atoms with Gasteiger partial charge in [-0.3, -0.25) is 0 Å². The van der Waals surface area contributed by atoms with Crippen LogP contribution in [0.3, 0.4) is 0 Å². The first kappa shape index (κ1) is 19.2. The van der Waals surface area contributed by atoms with E-state index in [9.17, 15) is 4.57 Å². The topological polar surface area (TPSA) is 55.7 Å². The van der Waals surface area contributed by atoms with E-state index in [0.29, 0.717) is 17.5 Å². The van der Waals surface area contributed by atoms with Crippen molar-refractivity contribution in [2.45, 2.75) is 6.92 Å². The molecule has 5 heteroatoms. The molecule has 4 rings (SSSR count). The van der Waals surface area contributed by atoms with Crippen LogP contribution in [0.15, 0.2) is 78.9 Å². The average Bonchev–Trinajstić information content (AvgIpc) is 2.73. The molecule has 1 heterocycles. The van der Waals surface area contributed by atoms with Gasteiger partial charge in [0.1, 0.15) is 13.0 Å². The zero-order valence-corrected chi connectivity index (χ0v) is 17.6. The van der Waals surface area contributed by atoms with Gasteiger partial charge in [0.15, 0.2) is 11.6 Å². The second-order valence-electron chi connectivity index (χ2n) is 7.37. The quantitative estimate of drug-likeness (QED) is 0.430. The van der Waals surface area contributed by atoms with Gasteiger partial charge in [-0.15, -0.1) is 0 Å². The summed E-state index contributed by atoms with van der Waals surface area (Å²) in [6.45, 7) is 5.46. The molecule has 0 aliphatic rings. The number of aromatic nitrogens is 3. The molecule has 29 heavy (non-hydrogen) atoms. The molecule has 0 N–H and O–H groups in total. The van der Waals surface area contributed by atoms with Crippen LogP contribution in [-0.2, 0) is 4.57 Å². The Morgan fingerprint density at radius 2 is 1.21 bits per heavy atom. The Bertz CT molecular complexity index is 1200. The molecule has 0 unspecified atom stereocenters. The molecule has 1 aromatic heterocycles. The summed E-state index contributed by atoms with van der Waals surface area (Å²) >= 11 is 0. The fourth-order valence-corrected chi connectivity index (χ4v) is 4.05. The molecule has 0 amide bonds. The second kappa shape index (κ2) is 7.73. The Hall–Kier alpha value is -3.10. The van der Waals surface area contributed by atoms with Crippen LogP contribution in [0.2, 0.25) is 0 Å². The molecule has 4 nitrogen and oxygen atoms in total. The molecule has 0 atom stereocenters. The Morgan fingerprint density at radius 3 is 1.86 bits per heavy atom. The molecule has 4 aromatic rings. The zero-order valence-electron chi connectivity index (χ0n) is 16.7. The highest BCUT2D eigenvalue weighted by atomic mass is 31.2. The monoisotopic (exact) mass is 399 g/mol. The van der Waals surface area contributed by atoms with Crippen molar-refractivity contribution in [3.63, 3.8) is 0 Å². The fourth-order valence-electron chi connectivity index (χ4n) is 3.18. The van der Waals surface area contributed by atoms with Crippen molar-refractivity contribution in [1.29, 1.82) is 0 Å². The molecule has 0 fully saturated rings. The molecule has 0 aliphatic heterocycles. The number of aryl methyl sites for hydroxylation is 1. The lowest BCUT2D eigenvalue weighted by Crippen LogP contribution is -2.01. The van der Waals surface area contributed by atoms with Gasteiger partial charge in [0.25, 0.3) is 0 Å². The minimum absolute atomic E-state index is 0.654. The van der Waals surface area contributed by atoms with Gasteiger partial charge in [-0.2, -0.15) is 0 Å². The van der Waals surface area contributed by atoms with E-state index < -0.39 is 7.14 Å². The van der Waals surface area contributed by atoms with Crippen molar-refractivity contribution < 1.29 is 4.57 Å². The lowest BCUT2D eigenvalue weighted by molar-refractivity contribution is 0.588. The van der Waals surface area contributed by atoms with Gasteiger partial charge in [-0.25, -0.2) is 15.0 Å². The highest BCUT2D eigenvalue weighted by Gasteiger charge is 2.12. The summed E-state index contributed by atoms with van der Waals surface area (Å²) in [6, 6.07) is 26.0. The number of hydrogen-bond acceptors (Lipinski definition) is 4. The van der Waals surface area contributed by atoms with Crippen LogP contribution in [0.4, 0.5) is 0 Å². The molecule has 0 spiro atoms. The second-order valence-corrected chi connectivity index (χ2v) is 10.6. The third kappa shape index (κ3) is 4.33. The SMILES string of the molecule is Cc1nc(-c2ccccc2)nc(-c2cccc(-c3ccc(P(C)(C)=O)cc3)c2)n1. The van der Waals surface area contributed by atoms with Crippen molar-refractivity contribution >= 4 is 12.4 Å². The summed E-state index contributed by atoms with van der Waals surface area (Å²) in [7, 11) is -2.25. The minimum atomic E-state index is -2.25. The van der Waals surface area contributed by atoms with Crippen LogP contribution in [0.5, 0.6) is 0 Å². The smallest absolute Gasteiger partial charge is 0.163 e. The van der Waals surface area contributed by atoms with E-state index in [-0.39, 0.29) is 0 Å². The van der Waals surface area contributed by atoms with Gasteiger partial charge in [0, 0.05) is 16.4 Å². The predicted octanol–water partition coefficient (Wildman–Crippen LogP) is 5.43. The van der Waals surface area contributed by atoms with E-state index in [2.05, 4.69) is 22.1 Å². The lowest BCUT2D eigenvalue weighted by atomic mass is 10.0. The maximum Gasteiger partial charge on any atom is 0.163 e. The van der Waals surface area contributed by atoms with Crippen LogP contribution in [0.1, 0.15) is 5.82 Å². The molecule has 144 valence electrons. The third-order valence-corrected chi connectivity index (χ3v) is 6.26. The zero-order chi connectivity index (χ0) is 20.4. The summed E-state index contributed by atoms with van der Waals surface area (Å²) < 4.78 is 12.3. The minimum Gasteiger partial charge on any atom is -0.319 e. The first-order valence-electron chi connectivity index (χ1n) is 9.45. The van der Waals surface area contributed by atoms with Crippen molar-refractivity contribution in [1.82, 2.24) is 15.0 Å². The van der Waals surface area contributed by atoms with E-state index in [1.807, 2.05) is 73.7 Å². The largest absolute Gasteiger partial charge is 0.319 e. The normalized spacial score (nSPS) is 11.4. The summed E-state index contributed by atoms with van der Waals surface area (Å²) in [5.41, 5.74) is 4.04. The Morgan fingerprint density at radius 1 is 0.621 bits per heavy atom. The maximum absolute atomic E-state index is 12.3.